The summed E-state index contributed by atoms with van der Waals surface area (Å²) in [6.45, 7) is -0.376. The van der Waals surface area contributed by atoms with E-state index in [4.69, 9.17) is 5.11 Å². The molecule has 3 aliphatic rings. The Kier molecular flexibility index (Phi) is 3.49. The summed E-state index contributed by atoms with van der Waals surface area (Å²) in [6.07, 6.45) is 4.93. The number of fused-ring (bicyclic) bond motifs is 5. The molecule has 1 heterocycles. The van der Waals surface area contributed by atoms with Crippen molar-refractivity contribution in [2.24, 2.45) is 23.7 Å². The van der Waals surface area contributed by atoms with Gasteiger partial charge in [-0.3, -0.25) is 19.3 Å². The van der Waals surface area contributed by atoms with E-state index in [0.717, 1.165) is 11.3 Å². The SMILES string of the molecule is O=C(CN1C(=O)C2C3C=CC(C3)C2C1=O)Nc1cccc(CO)c1. The van der Waals surface area contributed by atoms with Crippen molar-refractivity contribution in [3.63, 3.8) is 0 Å². The highest BCUT2D eigenvalue weighted by Crippen LogP contribution is 2.52. The number of rotatable bonds is 4. The number of aliphatic hydroxyl groups excluding tert-OH is 1. The van der Waals surface area contributed by atoms with Gasteiger partial charge in [0.1, 0.15) is 6.54 Å². The van der Waals surface area contributed by atoms with Crippen molar-refractivity contribution in [3.05, 3.63) is 42.0 Å². The third-order valence-corrected chi connectivity index (χ3v) is 5.26. The average Bonchev–Trinajstić information content (AvgIpc) is 3.25. The van der Waals surface area contributed by atoms with E-state index < -0.39 is 5.91 Å². The van der Waals surface area contributed by atoms with Crippen LogP contribution in [0.4, 0.5) is 5.69 Å². The number of amides is 3. The Hall–Kier alpha value is -2.47. The van der Waals surface area contributed by atoms with Gasteiger partial charge in [0.2, 0.25) is 17.7 Å². The zero-order valence-corrected chi connectivity index (χ0v) is 13.0. The number of imide groups is 1. The van der Waals surface area contributed by atoms with E-state index in [0.29, 0.717) is 11.3 Å². The minimum atomic E-state index is -0.410. The number of benzene rings is 1. The minimum absolute atomic E-state index is 0.119. The van der Waals surface area contributed by atoms with Crippen molar-refractivity contribution in [1.29, 1.82) is 0 Å². The number of anilines is 1. The van der Waals surface area contributed by atoms with Gasteiger partial charge in [0.05, 0.1) is 18.4 Å². The molecule has 1 aromatic rings. The van der Waals surface area contributed by atoms with Gasteiger partial charge in [-0.05, 0) is 36.0 Å². The molecule has 1 aliphatic heterocycles. The number of nitrogens with zero attached hydrogens (tertiary/aromatic N) is 1. The Labute approximate surface area is 139 Å². The molecule has 4 rings (SSSR count). The largest absolute Gasteiger partial charge is 0.392 e. The summed E-state index contributed by atoms with van der Waals surface area (Å²) < 4.78 is 0. The predicted molar refractivity (Wildman–Crippen MR) is 85.4 cm³/mol. The van der Waals surface area contributed by atoms with Gasteiger partial charge in [0.25, 0.3) is 0 Å². The molecule has 0 radical (unpaired) electrons. The van der Waals surface area contributed by atoms with E-state index in [-0.39, 0.29) is 48.6 Å². The number of aliphatic hydroxyl groups is 1. The normalized spacial score (nSPS) is 30.1. The van der Waals surface area contributed by atoms with Crippen LogP contribution in [0, 0.1) is 23.7 Å². The lowest BCUT2D eigenvalue weighted by Crippen LogP contribution is -2.39. The monoisotopic (exact) mass is 326 g/mol. The molecular formula is C18H18N2O4. The van der Waals surface area contributed by atoms with Crippen LogP contribution in [0.1, 0.15) is 12.0 Å². The van der Waals surface area contributed by atoms with Crippen LogP contribution in [0.5, 0.6) is 0 Å². The Morgan fingerprint density at radius 3 is 2.46 bits per heavy atom. The molecule has 1 aromatic carbocycles. The van der Waals surface area contributed by atoms with Crippen LogP contribution >= 0.6 is 0 Å². The number of hydrogen-bond donors (Lipinski definition) is 2. The van der Waals surface area contributed by atoms with Crippen LogP contribution in [0.2, 0.25) is 0 Å². The van der Waals surface area contributed by atoms with Gasteiger partial charge in [0, 0.05) is 5.69 Å². The van der Waals surface area contributed by atoms with Crippen molar-refractivity contribution >= 4 is 23.4 Å². The van der Waals surface area contributed by atoms with E-state index in [1.54, 1.807) is 24.3 Å². The molecule has 1 saturated heterocycles. The number of likely N-dealkylation sites (tertiary alicyclic amines) is 1. The standard InChI is InChI=1S/C18H18N2O4/c21-9-10-2-1-3-13(6-10)19-14(22)8-20-17(23)15-11-4-5-12(7-11)16(15)18(20)24/h1-6,11-12,15-16,21H,7-9H2,(H,19,22). The number of hydrogen-bond acceptors (Lipinski definition) is 4. The number of allylic oxidation sites excluding steroid dienone is 2. The number of carbonyl (C=O) groups excluding carboxylic acids is 3. The predicted octanol–water partition coefficient (Wildman–Crippen LogP) is 0.924. The fourth-order valence-electron chi connectivity index (χ4n) is 4.21. The first kappa shape index (κ1) is 15.1. The summed E-state index contributed by atoms with van der Waals surface area (Å²) in [5, 5.41) is 11.8. The molecule has 0 aromatic heterocycles. The summed E-state index contributed by atoms with van der Waals surface area (Å²) in [5.74, 6) is -1.12. The van der Waals surface area contributed by atoms with Gasteiger partial charge >= 0.3 is 0 Å². The molecular weight excluding hydrogens is 308 g/mol. The van der Waals surface area contributed by atoms with E-state index >= 15 is 0 Å². The molecule has 2 N–H and O–H groups in total. The maximum absolute atomic E-state index is 12.5. The smallest absolute Gasteiger partial charge is 0.244 e. The zero-order chi connectivity index (χ0) is 16.8. The molecule has 2 aliphatic carbocycles. The van der Waals surface area contributed by atoms with Gasteiger partial charge < -0.3 is 10.4 Å². The van der Waals surface area contributed by atoms with Crippen molar-refractivity contribution in [3.8, 4) is 0 Å². The molecule has 2 fully saturated rings. The molecule has 6 nitrogen and oxygen atoms in total. The van der Waals surface area contributed by atoms with Crippen molar-refractivity contribution in [2.75, 3.05) is 11.9 Å². The fraction of sp³-hybridized carbons (Fsp3) is 0.389. The Bertz CT molecular complexity index is 727. The average molecular weight is 326 g/mol. The van der Waals surface area contributed by atoms with E-state index in [2.05, 4.69) is 5.32 Å². The Morgan fingerprint density at radius 2 is 1.83 bits per heavy atom. The minimum Gasteiger partial charge on any atom is -0.392 e. The summed E-state index contributed by atoms with van der Waals surface area (Å²) in [6, 6.07) is 6.82. The molecule has 3 amide bonds. The first-order valence-electron chi connectivity index (χ1n) is 8.11. The van der Waals surface area contributed by atoms with Crippen LogP contribution in [0.3, 0.4) is 0 Å². The lowest BCUT2D eigenvalue weighted by atomic mass is 9.85. The maximum atomic E-state index is 12.5. The topological polar surface area (TPSA) is 86.7 Å². The van der Waals surface area contributed by atoms with Crippen molar-refractivity contribution in [2.45, 2.75) is 13.0 Å². The summed E-state index contributed by atoms with van der Waals surface area (Å²) in [7, 11) is 0. The van der Waals surface area contributed by atoms with Crippen LogP contribution in [-0.2, 0) is 21.0 Å². The molecule has 2 bridgehead atoms. The fourth-order valence-corrected chi connectivity index (χ4v) is 4.21. The van der Waals surface area contributed by atoms with E-state index in [1.165, 1.54) is 0 Å². The first-order chi connectivity index (χ1) is 11.6. The second kappa shape index (κ2) is 5.56. The van der Waals surface area contributed by atoms with Crippen LogP contribution in [-0.4, -0.2) is 34.3 Å². The van der Waals surface area contributed by atoms with E-state index in [1.807, 2.05) is 12.2 Å². The van der Waals surface area contributed by atoms with Crippen molar-refractivity contribution < 1.29 is 19.5 Å². The van der Waals surface area contributed by atoms with Gasteiger partial charge in [-0.2, -0.15) is 0 Å². The lowest BCUT2D eigenvalue weighted by molar-refractivity contribution is -0.143. The molecule has 6 heteroatoms. The first-order valence-corrected chi connectivity index (χ1v) is 8.11. The highest BCUT2D eigenvalue weighted by molar-refractivity contribution is 6.09. The zero-order valence-electron chi connectivity index (χ0n) is 13.0. The molecule has 4 unspecified atom stereocenters. The quantitative estimate of drug-likeness (QED) is 0.636. The van der Waals surface area contributed by atoms with Crippen LogP contribution in [0.25, 0.3) is 0 Å². The highest BCUT2D eigenvalue weighted by Gasteiger charge is 2.59. The Morgan fingerprint density at radius 1 is 1.17 bits per heavy atom. The second-order valence-corrected chi connectivity index (χ2v) is 6.67. The Balaban J connectivity index is 1.45. The molecule has 0 spiro atoms. The third kappa shape index (κ3) is 2.26. The molecule has 24 heavy (non-hydrogen) atoms. The van der Waals surface area contributed by atoms with E-state index in [9.17, 15) is 14.4 Å². The molecule has 124 valence electrons. The number of carbonyl (C=O) groups is 3. The van der Waals surface area contributed by atoms with Gasteiger partial charge in [0.15, 0.2) is 0 Å². The second-order valence-electron chi connectivity index (χ2n) is 6.67. The van der Waals surface area contributed by atoms with Gasteiger partial charge in [-0.15, -0.1) is 0 Å². The lowest BCUT2D eigenvalue weighted by Gasteiger charge is -2.17. The summed E-state index contributed by atoms with van der Waals surface area (Å²) >= 11 is 0. The maximum Gasteiger partial charge on any atom is 0.244 e. The van der Waals surface area contributed by atoms with Crippen LogP contribution in [0.15, 0.2) is 36.4 Å². The highest BCUT2D eigenvalue weighted by atomic mass is 16.3. The summed E-state index contributed by atoms with van der Waals surface area (Å²) in [5.41, 5.74) is 1.21. The third-order valence-electron chi connectivity index (χ3n) is 5.26. The molecule has 1 saturated carbocycles. The van der Waals surface area contributed by atoms with Crippen molar-refractivity contribution in [1.82, 2.24) is 4.90 Å². The number of nitrogens with one attached hydrogen (secondary N) is 1. The van der Waals surface area contributed by atoms with Gasteiger partial charge in [-0.1, -0.05) is 24.3 Å². The van der Waals surface area contributed by atoms with Gasteiger partial charge in [-0.25, -0.2) is 0 Å². The molecule has 4 atom stereocenters. The van der Waals surface area contributed by atoms with Crippen LogP contribution < -0.4 is 5.32 Å². The summed E-state index contributed by atoms with van der Waals surface area (Å²) in [4.78, 5) is 38.4.